The second-order valence-corrected chi connectivity index (χ2v) is 4.00. The highest BCUT2D eigenvalue weighted by Crippen LogP contribution is 2.29. The Balaban J connectivity index is 2.21. The molecule has 0 amide bonds. The highest BCUT2D eigenvalue weighted by atomic mass is 16.4. The lowest BCUT2D eigenvalue weighted by atomic mass is 10.0. The maximum Gasteiger partial charge on any atom is 0.371 e. The van der Waals surface area contributed by atoms with Crippen molar-refractivity contribution in [2.75, 3.05) is 0 Å². The van der Waals surface area contributed by atoms with Crippen LogP contribution in [0.15, 0.2) is 59.0 Å². The van der Waals surface area contributed by atoms with E-state index in [1.165, 1.54) is 6.07 Å². The minimum Gasteiger partial charge on any atom is -0.475 e. The molecule has 0 saturated heterocycles. The van der Waals surface area contributed by atoms with Crippen molar-refractivity contribution in [3.8, 4) is 11.3 Å². The second-order valence-electron chi connectivity index (χ2n) is 4.00. The van der Waals surface area contributed by atoms with E-state index >= 15 is 0 Å². The van der Waals surface area contributed by atoms with E-state index in [1.807, 2.05) is 42.5 Å². The number of hydrogen-bond acceptors (Lipinski definition) is 2. The summed E-state index contributed by atoms with van der Waals surface area (Å²) >= 11 is 0. The van der Waals surface area contributed by atoms with Gasteiger partial charge in [-0.05, 0) is 22.9 Å². The molecule has 88 valence electrons. The Kier molecular flexibility index (Phi) is 2.38. The van der Waals surface area contributed by atoms with Crippen molar-refractivity contribution in [1.82, 2.24) is 0 Å². The van der Waals surface area contributed by atoms with Gasteiger partial charge in [0.05, 0.1) is 0 Å². The molecule has 3 aromatic rings. The lowest BCUT2D eigenvalue weighted by molar-refractivity contribution is 0.0663. The van der Waals surface area contributed by atoms with Crippen molar-refractivity contribution < 1.29 is 14.3 Å². The average molecular weight is 238 g/mol. The molecular weight excluding hydrogens is 228 g/mol. The van der Waals surface area contributed by atoms with Gasteiger partial charge in [-0.3, -0.25) is 0 Å². The molecule has 0 unspecified atom stereocenters. The molecule has 3 heteroatoms. The number of furan rings is 1. The van der Waals surface area contributed by atoms with Crippen LogP contribution >= 0.6 is 0 Å². The third kappa shape index (κ3) is 1.66. The lowest BCUT2D eigenvalue weighted by Crippen LogP contribution is -1.91. The molecule has 0 aliphatic rings. The molecule has 3 nitrogen and oxygen atoms in total. The number of benzene rings is 2. The highest BCUT2D eigenvalue weighted by Gasteiger charge is 2.11. The first-order valence-electron chi connectivity index (χ1n) is 5.57. The third-order valence-electron chi connectivity index (χ3n) is 2.87. The highest BCUT2D eigenvalue weighted by molar-refractivity contribution is 5.96. The number of aromatic carboxylic acids is 1. The average Bonchev–Trinajstić information content (AvgIpc) is 2.87. The van der Waals surface area contributed by atoms with Gasteiger partial charge >= 0.3 is 5.97 Å². The van der Waals surface area contributed by atoms with Gasteiger partial charge in [0.25, 0.3) is 0 Å². The molecule has 0 aliphatic carbocycles. The van der Waals surface area contributed by atoms with Crippen LogP contribution in [-0.2, 0) is 0 Å². The van der Waals surface area contributed by atoms with E-state index in [-0.39, 0.29) is 5.76 Å². The van der Waals surface area contributed by atoms with Crippen LogP contribution in [0, 0.1) is 0 Å². The Labute approximate surface area is 103 Å². The summed E-state index contributed by atoms with van der Waals surface area (Å²) in [6, 6.07) is 17.0. The number of carboxylic acids is 1. The summed E-state index contributed by atoms with van der Waals surface area (Å²) in [4.78, 5) is 10.8. The fraction of sp³-hybridized carbons (Fsp3) is 0. The first-order chi connectivity index (χ1) is 8.75. The number of carboxylic acid groups (broad SMARTS) is 1. The molecule has 3 rings (SSSR count). The van der Waals surface area contributed by atoms with E-state index < -0.39 is 5.97 Å². The summed E-state index contributed by atoms with van der Waals surface area (Å²) < 4.78 is 5.34. The molecule has 0 aliphatic heterocycles. The fourth-order valence-corrected chi connectivity index (χ4v) is 2.04. The Hall–Kier alpha value is -2.55. The normalized spacial score (nSPS) is 10.7. The minimum atomic E-state index is -1.05. The molecule has 18 heavy (non-hydrogen) atoms. The molecule has 1 aromatic heterocycles. The van der Waals surface area contributed by atoms with Gasteiger partial charge < -0.3 is 9.52 Å². The van der Waals surface area contributed by atoms with Crippen LogP contribution in [-0.4, -0.2) is 11.1 Å². The largest absolute Gasteiger partial charge is 0.475 e. The topological polar surface area (TPSA) is 50.4 Å². The molecule has 1 heterocycles. The Morgan fingerprint density at radius 1 is 0.944 bits per heavy atom. The van der Waals surface area contributed by atoms with Gasteiger partial charge in [-0.1, -0.05) is 42.5 Å². The molecule has 0 spiro atoms. The zero-order valence-electron chi connectivity index (χ0n) is 9.46. The van der Waals surface area contributed by atoms with E-state index in [1.54, 1.807) is 6.07 Å². The van der Waals surface area contributed by atoms with Crippen molar-refractivity contribution in [2.24, 2.45) is 0 Å². The number of rotatable bonds is 2. The van der Waals surface area contributed by atoms with Crippen molar-refractivity contribution in [3.63, 3.8) is 0 Å². The third-order valence-corrected chi connectivity index (χ3v) is 2.87. The van der Waals surface area contributed by atoms with Crippen molar-refractivity contribution >= 4 is 16.7 Å². The Bertz CT molecular complexity index is 720. The Morgan fingerprint density at radius 3 is 2.50 bits per heavy atom. The van der Waals surface area contributed by atoms with Crippen LogP contribution in [0.5, 0.6) is 0 Å². The summed E-state index contributed by atoms with van der Waals surface area (Å²) in [5.41, 5.74) is 0.903. The number of fused-ring (bicyclic) bond motifs is 1. The summed E-state index contributed by atoms with van der Waals surface area (Å²) in [6.07, 6.45) is 0. The molecule has 0 atom stereocenters. The van der Waals surface area contributed by atoms with E-state index in [9.17, 15) is 4.79 Å². The smallest absolute Gasteiger partial charge is 0.371 e. The molecular formula is C15H10O3. The van der Waals surface area contributed by atoms with Gasteiger partial charge in [0, 0.05) is 5.56 Å². The fourth-order valence-electron chi connectivity index (χ4n) is 2.04. The molecule has 0 bridgehead atoms. The van der Waals surface area contributed by atoms with E-state index in [2.05, 4.69) is 0 Å². The number of carbonyl (C=O) groups is 1. The minimum absolute atomic E-state index is 0.0436. The SMILES string of the molecule is O=C(O)c1ccc(-c2cccc3ccccc23)o1. The van der Waals surface area contributed by atoms with Crippen LogP contribution < -0.4 is 0 Å². The van der Waals surface area contributed by atoms with Crippen LogP contribution in [0.4, 0.5) is 0 Å². The van der Waals surface area contributed by atoms with Gasteiger partial charge in [-0.25, -0.2) is 4.79 Å². The van der Waals surface area contributed by atoms with Crippen LogP contribution in [0.1, 0.15) is 10.6 Å². The summed E-state index contributed by atoms with van der Waals surface area (Å²) in [5.74, 6) is -0.524. The molecule has 1 N–H and O–H groups in total. The van der Waals surface area contributed by atoms with Gasteiger partial charge in [0.2, 0.25) is 5.76 Å². The zero-order chi connectivity index (χ0) is 12.5. The van der Waals surface area contributed by atoms with Crippen molar-refractivity contribution in [1.29, 1.82) is 0 Å². The van der Waals surface area contributed by atoms with E-state index in [4.69, 9.17) is 9.52 Å². The first-order valence-corrected chi connectivity index (χ1v) is 5.57. The van der Waals surface area contributed by atoms with Crippen molar-refractivity contribution in [3.05, 3.63) is 60.4 Å². The van der Waals surface area contributed by atoms with Crippen LogP contribution in [0.3, 0.4) is 0 Å². The maximum absolute atomic E-state index is 10.8. The predicted octanol–water partition coefficient (Wildman–Crippen LogP) is 3.80. The predicted molar refractivity (Wildman–Crippen MR) is 68.6 cm³/mol. The van der Waals surface area contributed by atoms with Gasteiger partial charge in [-0.15, -0.1) is 0 Å². The molecule has 0 fully saturated rings. The van der Waals surface area contributed by atoms with Crippen LogP contribution in [0.25, 0.3) is 22.1 Å². The van der Waals surface area contributed by atoms with E-state index in [0.29, 0.717) is 5.76 Å². The molecule has 2 aromatic carbocycles. The monoisotopic (exact) mass is 238 g/mol. The van der Waals surface area contributed by atoms with Gasteiger partial charge in [-0.2, -0.15) is 0 Å². The van der Waals surface area contributed by atoms with Gasteiger partial charge in [0.15, 0.2) is 0 Å². The maximum atomic E-state index is 10.8. The zero-order valence-corrected chi connectivity index (χ0v) is 9.46. The second kappa shape index (κ2) is 4.04. The quantitative estimate of drug-likeness (QED) is 0.738. The van der Waals surface area contributed by atoms with Crippen molar-refractivity contribution in [2.45, 2.75) is 0 Å². The summed E-state index contributed by atoms with van der Waals surface area (Å²) in [5, 5.41) is 11.0. The van der Waals surface area contributed by atoms with Gasteiger partial charge in [0.1, 0.15) is 5.76 Å². The first kappa shape index (κ1) is 10.6. The molecule has 0 saturated carbocycles. The summed E-state index contributed by atoms with van der Waals surface area (Å²) in [6.45, 7) is 0. The van der Waals surface area contributed by atoms with E-state index in [0.717, 1.165) is 16.3 Å². The summed E-state index contributed by atoms with van der Waals surface area (Å²) in [7, 11) is 0. The standard InChI is InChI=1S/C15H10O3/c16-15(17)14-9-8-13(18-14)12-7-3-5-10-4-1-2-6-11(10)12/h1-9H,(H,16,17). The lowest BCUT2D eigenvalue weighted by Gasteiger charge is -2.03. The number of hydrogen-bond donors (Lipinski definition) is 1. The van der Waals surface area contributed by atoms with Crippen LogP contribution in [0.2, 0.25) is 0 Å². The molecule has 0 radical (unpaired) electrons. The Morgan fingerprint density at radius 2 is 1.72 bits per heavy atom.